The van der Waals surface area contributed by atoms with Crippen molar-refractivity contribution >= 4 is 29.5 Å². The summed E-state index contributed by atoms with van der Waals surface area (Å²) in [7, 11) is 0. The number of nitrogens with one attached hydrogen (secondary N) is 5. The van der Waals surface area contributed by atoms with Gasteiger partial charge in [-0.2, -0.15) is 0 Å². The van der Waals surface area contributed by atoms with E-state index in [4.69, 9.17) is 0 Å². The van der Waals surface area contributed by atoms with Gasteiger partial charge in [-0.25, -0.2) is 0 Å². The van der Waals surface area contributed by atoms with Crippen LogP contribution in [-0.4, -0.2) is 59.2 Å². The highest BCUT2D eigenvalue weighted by Crippen LogP contribution is 2.66. The molecule has 0 heterocycles. The van der Waals surface area contributed by atoms with Gasteiger partial charge in [0.15, 0.2) is 0 Å². The van der Waals surface area contributed by atoms with Gasteiger partial charge in [0.25, 0.3) is 0 Å². The highest BCUT2D eigenvalue weighted by molar-refractivity contribution is 5.81. The summed E-state index contributed by atoms with van der Waals surface area (Å²) in [6, 6.07) is 1.62. The van der Waals surface area contributed by atoms with Crippen molar-refractivity contribution in [1.82, 2.24) is 26.6 Å². The summed E-state index contributed by atoms with van der Waals surface area (Å²) in [5.74, 6) is 26.7. The number of hydrogen-bond acceptors (Lipinski definition) is 5. The smallest absolute Gasteiger partial charge is 0.223 e. The van der Waals surface area contributed by atoms with E-state index in [0.29, 0.717) is 53.0 Å². The molecule has 19 saturated carbocycles. The molecule has 0 atom stereocenters. The van der Waals surface area contributed by atoms with Crippen molar-refractivity contribution in [3.05, 3.63) is 0 Å². The second-order valence-corrected chi connectivity index (χ2v) is 59.1. The maximum atomic E-state index is 11.8. The summed E-state index contributed by atoms with van der Waals surface area (Å²) >= 11 is 0. The Labute approximate surface area is 905 Å². The second kappa shape index (κ2) is 71.5. The van der Waals surface area contributed by atoms with Crippen molar-refractivity contribution in [2.24, 2.45) is 182 Å². The zero-order valence-electron chi connectivity index (χ0n) is 103. The third kappa shape index (κ3) is 60.3. The summed E-state index contributed by atoms with van der Waals surface area (Å²) in [6.45, 7) is 70.9. The van der Waals surface area contributed by atoms with Crippen LogP contribution in [0.3, 0.4) is 0 Å². The van der Waals surface area contributed by atoms with Crippen LogP contribution in [0.25, 0.3) is 0 Å². The Hall–Kier alpha value is -2.65. The fraction of sp³-hybridized carbons (Fsp3) is 0.963. The molecule has 145 heavy (non-hydrogen) atoms. The van der Waals surface area contributed by atoms with E-state index in [-0.39, 0.29) is 41.3 Å². The molecule has 0 aliphatic heterocycles. The molecular weight excluding hydrogens is 1770 g/mol. The highest BCUT2D eigenvalue weighted by Gasteiger charge is 2.55. The molecule has 0 radical (unpaired) electrons. The molecule has 19 aliphatic carbocycles. The van der Waals surface area contributed by atoms with Crippen LogP contribution < -0.4 is 26.6 Å². The fourth-order valence-electron chi connectivity index (χ4n) is 26.7. The maximum absolute atomic E-state index is 11.8. The summed E-state index contributed by atoms with van der Waals surface area (Å²) in [4.78, 5) is 58.5. The molecule has 19 aliphatic rings. The van der Waals surface area contributed by atoms with Crippen molar-refractivity contribution < 1.29 is 24.0 Å². The second-order valence-electron chi connectivity index (χ2n) is 59.1. The van der Waals surface area contributed by atoms with Crippen LogP contribution in [0, 0.1) is 182 Å². The molecule has 0 unspecified atom stereocenters. The van der Waals surface area contributed by atoms with Gasteiger partial charge in [-0.15, -0.1) is 0 Å². The average Bonchev–Trinajstić information content (AvgIpc) is 1.71. The van der Waals surface area contributed by atoms with Gasteiger partial charge >= 0.3 is 0 Å². The highest BCUT2D eigenvalue weighted by atomic mass is 16.2. The zero-order chi connectivity index (χ0) is 108. The monoisotopic (exact) mass is 2030 g/mol. The minimum atomic E-state index is -0.0832. The van der Waals surface area contributed by atoms with Gasteiger partial charge in [0, 0.05) is 59.3 Å². The summed E-state index contributed by atoms with van der Waals surface area (Å²) in [5, 5.41) is 15.3. The van der Waals surface area contributed by atoms with E-state index in [1.165, 1.54) is 302 Å². The Morgan fingerprint density at radius 2 is 0.345 bits per heavy atom. The molecule has 0 spiro atoms. The molecular formula is C135H257N5O5. The van der Waals surface area contributed by atoms with Crippen LogP contribution >= 0.6 is 0 Å². The number of carbonyl (C=O) groups is 5. The first-order valence-electron chi connectivity index (χ1n) is 64.9. The van der Waals surface area contributed by atoms with E-state index in [1.54, 1.807) is 38.5 Å². The molecule has 0 aromatic rings. The quantitative estimate of drug-likeness (QED) is 0.156. The molecule has 10 nitrogen and oxygen atoms in total. The van der Waals surface area contributed by atoms with E-state index in [1.807, 2.05) is 48.5 Å². The summed E-state index contributed by atoms with van der Waals surface area (Å²) in [5.41, 5.74) is 1.21. The molecule has 0 aromatic heterocycles. The molecule has 0 saturated heterocycles. The lowest BCUT2D eigenvalue weighted by molar-refractivity contribution is -0.128. The first kappa shape index (κ1) is 133. The predicted octanol–water partition coefficient (Wildman–Crippen LogP) is 38.9. The first-order chi connectivity index (χ1) is 68.4. The molecule has 4 bridgehead atoms. The number of carbonyl (C=O) groups excluding carboxylic acids is 5. The van der Waals surface area contributed by atoms with E-state index < -0.39 is 0 Å². The number of amides is 5. The van der Waals surface area contributed by atoms with Crippen LogP contribution in [0.2, 0.25) is 0 Å². The normalized spacial score (nSPS) is 36.7. The molecule has 10 heteroatoms. The number of hydrogen-bond donors (Lipinski definition) is 5. The molecule has 5 amide bonds. The van der Waals surface area contributed by atoms with Crippen molar-refractivity contribution in [2.75, 3.05) is 0 Å². The third-order valence-corrected chi connectivity index (χ3v) is 39.7. The fourth-order valence-corrected chi connectivity index (χ4v) is 26.7. The molecule has 0 aromatic carbocycles. The minimum absolute atomic E-state index is 0.0832. The van der Waals surface area contributed by atoms with Crippen LogP contribution in [0.1, 0.15) is 619 Å². The van der Waals surface area contributed by atoms with Gasteiger partial charge in [0.05, 0.1) is 0 Å². The Bertz CT molecular complexity index is 2790. The third-order valence-electron chi connectivity index (χ3n) is 39.7. The lowest BCUT2D eigenvalue weighted by Crippen LogP contribution is -2.51. The Morgan fingerprint density at radius 1 is 0.200 bits per heavy atom. The molecule has 5 N–H and O–H groups in total. The molecule has 852 valence electrons. The van der Waals surface area contributed by atoms with Gasteiger partial charge < -0.3 is 26.6 Å². The van der Waals surface area contributed by atoms with Gasteiger partial charge in [-0.1, -0.05) is 372 Å². The lowest BCUT2D eigenvalue weighted by atomic mass is 9.43. The van der Waals surface area contributed by atoms with Crippen molar-refractivity contribution in [3.63, 3.8) is 0 Å². The van der Waals surface area contributed by atoms with Gasteiger partial charge in [0.1, 0.15) is 0 Å². The molecule has 19 rings (SSSR count). The maximum Gasteiger partial charge on any atom is 0.223 e. The van der Waals surface area contributed by atoms with Gasteiger partial charge in [-0.3, -0.25) is 24.0 Å². The van der Waals surface area contributed by atoms with E-state index in [2.05, 4.69) is 193 Å². The average molecular weight is 2030 g/mol. The Kier molecular flexibility index (Phi) is 65.5. The van der Waals surface area contributed by atoms with Crippen molar-refractivity contribution in [1.29, 1.82) is 0 Å². The van der Waals surface area contributed by atoms with Crippen LogP contribution in [-0.2, 0) is 24.0 Å². The SMILES string of the molecule is CC(C)(C)C12CC3CC(CC(C3)C1)C2.CC1CCC(C(=O)NC(C)(C)C)CC1.CC1CCC(C(=O)NC(C)C)CC1.CC1CCC(C(=O)NC(C)C)CC1.CC1CCC(C(=O)NC2CC2)CC1.CC1CCC(C(=O)NC2CCC2)CC1.CC1CCC(C)CC1.CC1CCC(C)CC1.CC1CCC(C)CC1.CC1CCC(C)CC1.CC1CCC(C)CC1.CC1CCC(C)CC1.CC1CCC(C)CC1.CC1CCC(C)CC1. The largest absolute Gasteiger partial charge is 0.354 e. The Morgan fingerprint density at radius 3 is 0.476 bits per heavy atom. The lowest BCUT2D eigenvalue weighted by Gasteiger charge is -2.62. The van der Waals surface area contributed by atoms with Gasteiger partial charge in [0.2, 0.25) is 29.5 Å². The van der Waals surface area contributed by atoms with Crippen molar-refractivity contribution in [2.45, 2.75) is 649 Å². The van der Waals surface area contributed by atoms with E-state index in [0.717, 1.165) is 212 Å². The van der Waals surface area contributed by atoms with Crippen molar-refractivity contribution in [3.8, 4) is 0 Å². The van der Waals surface area contributed by atoms with Gasteiger partial charge in [-0.05, 0) is 400 Å². The standard InChI is InChI=1S/C14H24.C12H21NO.C12H23NO.C11H19NO.2C11H21NO.8C8H16/c1-13(2,3)14-7-10-4-11(8-14)6-12(5-10)9-14;1-9-5-7-10(8-6-9)12(14)13-11-3-2-4-11;1-9-5-7-10(8-6-9)11(14)13-12(2,3)4;1-8-2-4-9(5-3-8)11(13)12-10-6-7-10;2*1-8(2)12-11(13)10-6-4-9(3)5-7-10;8*1-7-3-5-8(2)6-4-7/h10-12H,4-9H2,1-3H3;9-11H,2-8H2,1H3,(H,13,14);9-10H,5-8H2,1-4H3,(H,13,14);8-10H,2-7H2,1H3,(H,12,13);2*8-10H,4-7H2,1-3H3,(H,12,13);8*7-8H,3-6H2,1-2H3. The number of rotatable bonds is 9. The first-order valence-corrected chi connectivity index (χ1v) is 64.9. The minimum Gasteiger partial charge on any atom is -0.354 e. The summed E-state index contributed by atoms with van der Waals surface area (Å²) in [6.07, 6.45) is 85.8. The summed E-state index contributed by atoms with van der Waals surface area (Å²) < 4.78 is 0. The predicted molar refractivity (Wildman–Crippen MR) is 631 cm³/mol. The van der Waals surface area contributed by atoms with E-state index >= 15 is 0 Å². The Balaban J connectivity index is 0.000000277. The van der Waals surface area contributed by atoms with Crippen LogP contribution in [0.5, 0.6) is 0 Å². The van der Waals surface area contributed by atoms with Crippen LogP contribution in [0.4, 0.5) is 0 Å². The topological polar surface area (TPSA) is 146 Å². The van der Waals surface area contributed by atoms with E-state index in [9.17, 15) is 24.0 Å². The zero-order valence-corrected chi connectivity index (χ0v) is 103. The molecule has 19 fully saturated rings. The van der Waals surface area contributed by atoms with Crippen LogP contribution in [0.15, 0.2) is 0 Å².